The van der Waals surface area contributed by atoms with Crippen LogP contribution in [-0.4, -0.2) is 27.8 Å². The van der Waals surface area contributed by atoms with Gasteiger partial charge in [-0.05, 0) is 50.7 Å². The molecular formula is C17H22N2O3. The van der Waals surface area contributed by atoms with Gasteiger partial charge in [0.25, 0.3) is 11.6 Å². The number of carbonyl (C=O) groups excluding carboxylic acids is 1. The Labute approximate surface area is 130 Å². The molecule has 118 valence electrons. The Morgan fingerprint density at radius 1 is 1.14 bits per heavy atom. The first-order valence-corrected chi connectivity index (χ1v) is 8.15. The van der Waals surface area contributed by atoms with Crippen LogP contribution in [-0.2, 0) is 0 Å². The smallest absolute Gasteiger partial charge is 0.269 e. The van der Waals surface area contributed by atoms with Gasteiger partial charge in [-0.2, -0.15) is 0 Å². The van der Waals surface area contributed by atoms with E-state index >= 15 is 0 Å². The zero-order valence-electron chi connectivity index (χ0n) is 12.9. The molecule has 0 aromatic heterocycles. The van der Waals surface area contributed by atoms with Gasteiger partial charge >= 0.3 is 0 Å². The molecule has 1 amide bonds. The summed E-state index contributed by atoms with van der Waals surface area (Å²) in [6.45, 7) is 2.12. The molecule has 1 saturated carbocycles. The Bertz CT molecular complexity index is 570. The minimum Gasteiger partial charge on any atom is -0.333 e. The summed E-state index contributed by atoms with van der Waals surface area (Å²) in [6.07, 6.45) is 7.05. The second kappa shape index (κ2) is 6.07. The second-order valence-electron chi connectivity index (χ2n) is 6.55. The van der Waals surface area contributed by atoms with Gasteiger partial charge in [-0.3, -0.25) is 14.9 Å². The van der Waals surface area contributed by atoms with Gasteiger partial charge in [0.15, 0.2) is 0 Å². The number of fused-ring (bicyclic) bond motifs is 1. The average Bonchev–Trinajstić information content (AvgIpc) is 2.54. The van der Waals surface area contributed by atoms with Gasteiger partial charge in [-0.25, -0.2) is 0 Å². The summed E-state index contributed by atoms with van der Waals surface area (Å²) in [7, 11) is 0. The number of hydrogen-bond acceptors (Lipinski definition) is 3. The predicted octanol–water partition coefficient (Wildman–Crippen LogP) is 3.78. The maximum Gasteiger partial charge on any atom is 0.269 e. The Morgan fingerprint density at radius 2 is 1.82 bits per heavy atom. The number of nitro benzene ring substituents is 1. The largest absolute Gasteiger partial charge is 0.333 e. The highest BCUT2D eigenvalue weighted by molar-refractivity contribution is 5.95. The average molecular weight is 302 g/mol. The van der Waals surface area contributed by atoms with E-state index in [0.717, 1.165) is 12.8 Å². The monoisotopic (exact) mass is 302 g/mol. The first kappa shape index (κ1) is 15.0. The molecule has 1 aliphatic heterocycles. The number of non-ortho nitro benzene ring substituents is 1. The number of rotatable bonds is 2. The molecular weight excluding hydrogens is 280 g/mol. The molecule has 2 fully saturated rings. The van der Waals surface area contributed by atoms with Crippen molar-refractivity contribution in [2.75, 3.05) is 0 Å². The van der Waals surface area contributed by atoms with Crippen LogP contribution in [0.1, 0.15) is 55.8 Å². The normalized spacial score (nSPS) is 28.0. The molecule has 1 aromatic rings. The fourth-order valence-electron chi connectivity index (χ4n) is 4.04. The molecule has 3 rings (SSSR count). The summed E-state index contributed by atoms with van der Waals surface area (Å²) in [4.78, 5) is 25.3. The van der Waals surface area contributed by atoms with Crippen molar-refractivity contribution in [1.29, 1.82) is 0 Å². The summed E-state index contributed by atoms with van der Waals surface area (Å²) >= 11 is 0. The number of hydrogen-bond donors (Lipinski definition) is 0. The molecule has 1 heterocycles. The highest BCUT2D eigenvalue weighted by Crippen LogP contribution is 2.38. The number of nitrogens with zero attached hydrogens (tertiary/aromatic N) is 2. The fourth-order valence-corrected chi connectivity index (χ4v) is 4.04. The molecule has 0 unspecified atom stereocenters. The maximum atomic E-state index is 12.9. The van der Waals surface area contributed by atoms with E-state index in [1.807, 2.05) is 0 Å². The fraction of sp³-hybridized carbons (Fsp3) is 0.588. The van der Waals surface area contributed by atoms with E-state index in [2.05, 4.69) is 11.8 Å². The molecule has 0 N–H and O–H groups in total. The van der Waals surface area contributed by atoms with Crippen molar-refractivity contribution in [3.63, 3.8) is 0 Å². The highest BCUT2D eigenvalue weighted by atomic mass is 16.6. The van der Waals surface area contributed by atoms with E-state index in [1.54, 1.807) is 12.1 Å². The van der Waals surface area contributed by atoms with Crippen LogP contribution in [0.15, 0.2) is 24.3 Å². The zero-order chi connectivity index (χ0) is 15.7. The summed E-state index contributed by atoms with van der Waals surface area (Å²) in [5.74, 6) is 0.658. The van der Waals surface area contributed by atoms with E-state index in [-0.39, 0.29) is 17.6 Å². The van der Waals surface area contributed by atoms with Crippen LogP contribution >= 0.6 is 0 Å². The van der Waals surface area contributed by atoms with Gasteiger partial charge in [-0.1, -0.05) is 12.8 Å². The molecule has 1 aromatic carbocycles. The van der Waals surface area contributed by atoms with Crippen molar-refractivity contribution in [1.82, 2.24) is 4.90 Å². The van der Waals surface area contributed by atoms with E-state index in [4.69, 9.17) is 0 Å². The minimum absolute atomic E-state index is 0.0267. The third-order valence-corrected chi connectivity index (χ3v) is 5.22. The van der Waals surface area contributed by atoms with E-state index in [0.29, 0.717) is 17.5 Å². The van der Waals surface area contributed by atoms with Gasteiger partial charge < -0.3 is 4.90 Å². The van der Waals surface area contributed by atoms with Gasteiger partial charge in [-0.15, -0.1) is 0 Å². The van der Waals surface area contributed by atoms with E-state index < -0.39 is 4.92 Å². The molecule has 5 nitrogen and oxygen atoms in total. The van der Waals surface area contributed by atoms with Gasteiger partial charge in [0.2, 0.25) is 0 Å². The zero-order valence-corrected chi connectivity index (χ0v) is 12.9. The first-order chi connectivity index (χ1) is 10.6. The lowest BCUT2D eigenvalue weighted by molar-refractivity contribution is -0.384. The van der Waals surface area contributed by atoms with Crippen molar-refractivity contribution >= 4 is 11.6 Å². The van der Waals surface area contributed by atoms with Crippen molar-refractivity contribution < 1.29 is 9.72 Å². The number of piperidine rings is 1. The molecule has 1 aliphatic carbocycles. The molecule has 5 heteroatoms. The lowest BCUT2D eigenvalue weighted by atomic mass is 9.76. The van der Waals surface area contributed by atoms with Crippen LogP contribution in [0.3, 0.4) is 0 Å². The molecule has 22 heavy (non-hydrogen) atoms. The molecule has 2 aliphatic rings. The van der Waals surface area contributed by atoms with Crippen LogP contribution in [0.25, 0.3) is 0 Å². The van der Waals surface area contributed by atoms with Gasteiger partial charge in [0.05, 0.1) is 4.92 Å². The number of carbonyl (C=O) groups is 1. The quantitative estimate of drug-likeness (QED) is 0.617. The first-order valence-electron chi connectivity index (χ1n) is 8.15. The van der Waals surface area contributed by atoms with Gasteiger partial charge in [0, 0.05) is 29.8 Å². The van der Waals surface area contributed by atoms with Crippen LogP contribution < -0.4 is 0 Å². The number of likely N-dealkylation sites (tertiary alicyclic amines) is 1. The molecule has 3 atom stereocenters. The van der Waals surface area contributed by atoms with Crippen LogP contribution in [0.2, 0.25) is 0 Å². The van der Waals surface area contributed by atoms with Crippen molar-refractivity contribution in [3.05, 3.63) is 39.9 Å². The minimum atomic E-state index is -0.436. The summed E-state index contributed by atoms with van der Waals surface area (Å²) in [6, 6.07) is 6.60. The topological polar surface area (TPSA) is 63.5 Å². The Kier molecular flexibility index (Phi) is 4.14. The van der Waals surface area contributed by atoms with Crippen LogP contribution in [0.4, 0.5) is 5.69 Å². The van der Waals surface area contributed by atoms with Crippen LogP contribution in [0.5, 0.6) is 0 Å². The highest BCUT2D eigenvalue weighted by Gasteiger charge is 2.39. The molecule has 0 spiro atoms. The van der Waals surface area contributed by atoms with E-state index in [1.165, 1.54) is 37.8 Å². The standard InChI is InChI=1S/C17H22N2O3/c1-12-6-7-13-4-2-3-5-16(13)18(12)17(20)14-8-10-15(11-9-14)19(21)22/h8-13,16H,2-7H2,1H3/t12-,13+,16-/m0/s1. The van der Waals surface area contributed by atoms with Gasteiger partial charge in [0.1, 0.15) is 0 Å². The SMILES string of the molecule is C[C@H]1CC[C@H]2CCCC[C@@H]2N1C(=O)c1ccc([N+](=O)[O-])cc1. The number of nitro groups is 1. The maximum absolute atomic E-state index is 12.9. The molecule has 0 bridgehead atoms. The van der Waals surface area contributed by atoms with Crippen molar-refractivity contribution in [2.24, 2.45) is 5.92 Å². The van der Waals surface area contributed by atoms with Crippen molar-refractivity contribution in [2.45, 2.75) is 57.5 Å². The number of amides is 1. The number of benzene rings is 1. The molecule has 0 radical (unpaired) electrons. The summed E-state index contributed by atoms with van der Waals surface area (Å²) in [5.41, 5.74) is 0.586. The van der Waals surface area contributed by atoms with Crippen LogP contribution in [0, 0.1) is 16.0 Å². The third kappa shape index (κ3) is 2.72. The second-order valence-corrected chi connectivity index (χ2v) is 6.55. The van der Waals surface area contributed by atoms with E-state index in [9.17, 15) is 14.9 Å². The Morgan fingerprint density at radius 3 is 2.50 bits per heavy atom. The molecule has 1 saturated heterocycles. The lowest BCUT2D eigenvalue weighted by Gasteiger charge is -2.47. The summed E-state index contributed by atoms with van der Waals surface area (Å²) < 4.78 is 0. The predicted molar refractivity (Wildman–Crippen MR) is 83.7 cm³/mol. The summed E-state index contributed by atoms with van der Waals surface area (Å²) in [5, 5.41) is 10.7. The Balaban J connectivity index is 1.83. The lowest BCUT2D eigenvalue weighted by Crippen LogP contribution is -2.53. The van der Waals surface area contributed by atoms with Crippen molar-refractivity contribution in [3.8, 4) is 0 Å². The third-order valence-electron chi connectivity index (χ3n) is 5.22. The Hall–Kier alpha value is -1.91.